The lowest BCUT2D eigenvalue weighted by atomic mass is 10.2. The van der Waals surface area contributed by atoms with E-state index in [9.17, 15) is 0 Å². The number of benzene rings is 1. The zero-order valence-electron chi connectivity index (χ0n) is 14.4. The standard InChI is InChI=1S/C18H25N5O/c1-21(2)14-15-24-17-6-4-16(5-7-17)22-10-12-23(13-11-22)18-19-8-3-9-20-18/h3-9H,10-15H2,1-2H3. The second-order valence-corrected chi connectivity index (χ2v) is 6.17. The largest absolute Gasteiger partial charge is 0.492 e. The first-order valence-electron chi connectivity index (χ1n) is 8.37. The van der Waals surface area contributed by atoms with E-state index in [-0.39, 0.29) is 0 Å². The molecule has 0 radical (unpaired) electrons. The van der Waals surface area contributed by atoms with Crippen LogP contribution in [0.1, 0.15) is 0 Å². The van der Waals surface area contributed by atoms with Crippen molar-refractivity contribution in [1.82, 2.24) is 14.9 Å². The van der Waals surface area contributed by atoms with Gasteiger partial charge in [-0.1, -0.05) is 0 Å². The number of hydrogen-bond donors (Lipinski definition) is 0. The normalized spacial score (nSPS) is 15.0. The van der Waals surface area contributed by atoms with Crippen LogP contribution in [-0.4, -0.2) is 68.3 Å². The topological polar surface area (TPSA) is 44.7 Å². The van der Waals surface area contributed by atoms with Gasteiger partial charge in [-0.05, 0) is 44.4 Å². The molecule has 1 fully saturated rings. The van der Waals surface area contributed by atoms with Crippen molar-refractivity contribution >= 4 is 11.6 Å². The molecule has 0 atom stereocenters. The van der Waals surface area contributed by atoms with Crippen LogP contribution in [-0.2, 0) is 0 Å². The summed E-state index contributed by atoms with van der Waals surface area (Å²) in [5.74, 6) is 1.75. The molecule has 0 bridgehead atoms. The summed E-state index contributed by atoms with van der Waals surface area (Å²) in [7, 11) is 4.10. The molecule has 128 valence electrons. The fourth-order valence-corrected chi connectivity index (χ4v) is 2.72. The fourth-order valence-electron chi connectivity index (χ4n) is 2.72. The summed E-state index contributed by atoms with van der Waals surface area (Å²) in [4.78, 5) is 15.4. The van der Waals surface area contributed by atoms with Gasteiger partial charge in [0.15, 0.2) is 0 Å². The monoisotopic (exact) mass is 327 g/mol. The number of likely N-dealkylation sites (N-methyl/N-ethyl adjacent to an activating group) is 1. The number of nitrogens with zero attached hydrogens (tertiary/aromatic N) is 5. The van der Waals surface area contributed by atoms with Crippen LogP contribution in [0.5, 0.6) is 5.75 Å². The Balaban J connectivity index is 1.51. The van der Waals surface area contributed by atoms with Crippen LogP contribution in [0.2, 0.25) is 0 Å². The summed E-state index contributed by atoms with van der Waals surface area (Å²) in [6.07, 6.45) is 3.59. The Morgan fingerprint density at radius 3 is 2.21 bits per heavy atom. The van der Waals surface area contributed by atoms with E-state index in [4.69, 9.17) is 4.74 Å². The zero-order valence-corrected chi connectivity index (χ0v) is 14.4. The van der Waals surface area contributed by atoms with Gasteiger partial charge >= 0.3 is 0 Å². The van der Waals surface area contributed by atoms with E-state index in [0.29, 0.717) is 6.61 Å². The van der Waals surface area contributed by atoms with Crippen molar-refractivity contribution in [2.75, 3.05) is 63.2 Å². The SMILES string of the molecule is CN(C)CCOc1ccc(N2CCN(c3ncccn3)CC2)cc1. The Morgan fingerprint density at radius 1 is 0.958 bits per heavy atom. The predicted molar refractivity (Wildman–Crippen MR) is 96.9 cm³/mol. The molecule has 2 heterocycles. The maximum atomic E-state index is 5.75. The number of anilines is 2. The number of aromatic nitrogens is 2. The minimum absolute atomic E-state index is 0.710. The second-order valence-electron chi connectivity index (χ2n) is 6.17. The van der Waals surface area contributed by atoms with E-state index in [0.717, 1.165) is 44.4 Å². The first-order chi connectivity index (χ1) is 11.7. The zero-order chi connectivity index (χ0) is 16.8. The summed E-state index contributed by atoms with van der Waals surface area (Å²) >= 11 is 0. The Morgan fingerprint density at radius 2 is 1.58 bits per heavy atom. The van der Waals surface area contributed by atoms with Gasteiger partial charge in [0, 0.05) is 50.8 Å². The van der Waals surface area contributed by atoms with Gasteiger partial charge in [0.1, 0.15) is 12.4 Å². The van der Waals surface area contributed by atoms with E-state index in [1.54, 1.807) is 12.4 Å². The molecule has 0 unspecified atom stereocenters. The lowest BCUT2D eigenvalue weighted by Crippen LogP contribution is -2.47. The van der Waals surface area contributed by atoms with Gasteiger partial charge in [-0.25, -0.2) is 9.97 Å². The molecule has 3 rings (SSSR count). The maximum absolute atomic E-state index is 5.75. The highest BCUT2D eigenvalue weighted by Gasteiger charge is 2.18. The molecule has 0 aliphatic carbocycles. The summed E-state index contributed by atoms with van der Waals surface area (Å²) in [5.41, 5.74) is 1.24. The third-order valence-corrected chi connectivity index (χ3v) is 4.12. The molecule has 24 heavy (non-hydrogen) atoms. The fraction of sp³-hybridized carbons (Fsp3) is 0.444. The highest BCUT2D eigenvalue weighted by molar-refractivity contribution is 5.50. The first kappa shape index (κ1) is 16.5. The molecule has 6 heteroatoms. The van der Waals surface area contributed by atoms with Crippen LogP contribution in [0, 0.1) is 0 Å². The highest BCUT2D eigenvalue weighted by atomic mass is 16.5. The van der Waals surface area contributed by atoms with Crippen LogP contribution < -0.4 is 14.5 Å². The summed E-state index contributed by atoms with van der Waals surface area (Å²) in [6.45, 7) is 5.45. The molecular formula is C18H25N5O. The molecule has 0 saturated carbocycles. The van der Waals surface area contributed by atoms with E-state index in [1.165, 1.54) is 5.69 Å². The maximum Gasteiger partial charge on any atom is 0.225 e. The predicted octanol–water partition coefficient (Wildman–Crippen LogP) is 1.74. The second kappa shape index (κ2) is 7.97. The van der Waals surface area contributed by atoms with Crippen LogP contribution in [0.4, 0.5) is 11.6 Å². The Kier molecular flexibility index (Phi) is 5.48. The average Bonchev–Trinajstić information content (AvgIpc) is 2.63. The smallest absolute Gasteiger partial charge is 0.225 e. The number of ether oxygens (including phenoxy) is 1. The summed E-state index contributed by atoms with van der Waals surface area (Å²) in [6, 6.07) is 10.2. The van der Waals surface area contributed by atoms with E-state index >= 15 is 0 Å². The van der Waals surface area contributed by atoms with E-state index in [2.05, 4.69) is 48.9 Å². The van der Waals surface area contributed by atoms with Crippen molar-refractivity contribution < 1.29 is 4.74 Å². The Bertz CT molecular complexity index is 609. The molecule has 2 aromatic rings. The molecule has 1 aromatic heterocycles. The number of hydrogen-bond acceptors (Lipinski definition) is 6. The lowest BCUT2D eigenvalue weighted by Gasteiger charge is -2.36. The lowest BCUT2D eigenvalue weighted by molar-refractivity contribution is 0.261. The van der Waals surface area contributed by atoms with Crippen LogP contribution in [0.25, 0.3) is 0 Å². The van der Waals surface area contributed by atoms with Crippen molar-refractivity contribution in [1.29, 1.82) is 0 Å². The summed E-state index contributed by atoms with van der Waals surface area (Å²) in [5, 5.41) is 0. The average molecular weight is 327 g/mol. The summed E-state index contributed by atoms with van der Waals surface area (Å²) < 4.78 is 5.75. The Hall–Kier alpha value is -2.34. The molecule has 0 amide bonds. The quantitative estimate of drug-likeness (QED) is 0.805. The van der Waals surface area contributed by atoms with Crippen molar-refractivity contribution in [3.8, 4) is 5.75 Å². The molecule has 0 N–H and O–H groups in total. The molecule has 0 spiro atoms. The van der Waals surface area contributed by atoms with Crippen molar-refractivity contribution in [3.05, 3.63) is 42.7 Å². The van der Waals surface area contributed by atoms with Crippen LogP contribution >= 0.6 is 0 Å². The number of rotatable bonds is 6. The van der Waals surface area contributed by atoms with Crippen molar-refractivity contribution in [2.24, 2.45) is 0 Å². The van der Waals surface area contributed by atoms with Crippen LogP contribution in [0.3, 0.4) is 0 Å². The van der Waals surface area contributed by atoms with Crippen LogP contribution in [0.15, 0.2) is 42.7 Å². The van der Waals surface area contributed by atoms with Gasteiger partial charge in [-0.3, -0.25) is 0 Å². The van der Waals surface area contributed by atoms with Gasteiger partial charge in [0.05, 0.1) is 0 Å². The minimum Gasteiger partial charge on any atom is -0.492 e. The van der Waals surface area contributed by atoms with Crippen molar-refractivity contribution in [3.63, 3.8) is 0 Å². The molecule has 1 aliphatic heterocycles. The minimum atomic E-state index is 0.710. The number of piperazine rings is 1. The molecule has 6 nitrogen and oxygen atoms in total. The van der Waals surface area contributed by atoms with Gasteiger partial charge in [0.25, 0.3) is 0 Å². The van der Waals surface area contributed by atoms with Crippen molar-refractivity contribution in [2.45, 2.75) is 0 Å². The van der Waals surface area contributed by atoms with E-state index < -0.39 is 0 Å². The van der Waals surface area contributed by atoms with E-state index in [1.807, 2.05) is 20.2 Å². The molecule has 1 aliphatic rings. The van der Waals surface area contributed by atoms with Gasteiger partial charge in [-0.2, -0.15) is 0 Å². The Labute approximate surface area is 143 Å². The van der Waals surface area contributed by atoms with Gasteiger partial charge in [0.2, 0.25) is 5.95 Å². The first-order valence-corrected chi connectivity index (χ1v) is 8.37. The molecule has 1 saturated heterocycles. The highest BCUT2D eigenvalue weighted by Crippen LogP contribution is 2.21. The molecule has 1 aromatic carbocycles. The van der Waals surface area contributed by atoms with Gasteiger partial charge in [-0.15, -0.1) is 0 Å². The van der Waals surface area contributed by atoms with Gasteiger partial charge < -0.3 is 19.4 Å². The third-order valence-electron chi connectivity index (χ3n) is 4.12. The molecular weight excluding hydrogens is 302 g/mol. The third kappa shape index (κ3) is 4.35.